The number of hydrogen-bond acceptors (Lipinski definition) is 3. The molecule has 1 atom stereocenters. The monoisotopic (exact) mass is 409 g/mol. The number of unbranched alkanes of at least 4 members (excludes halogenated alkanes) is 5. The summed E-state index contributed by atoms with van der Waals surface area (Å²) in [6.07, 6.45) is 14.2. The van der Waals surface area contributed by atoms with Crippen molar-refractivity contribution in [3.63, 3.8) is 0 Å². The van der Waals surface area contributed by atoms with Crippen LogP contribution in [0.15, 0.2) is 12.2 Å². The molecule has 0 fully saturated rings. The summed E-state index contributed by atoms with van der Waals surface area (Å²) in [5, 5.41) is 8.53. The number of carbonyl (C=O) groups is 3. The molecule has 6 nitrogen and oxygen atoms in total. The molecule has 0 heterocycles. The lowest BCUT2D eigenvalue weighted by Gasteiger charge is -2.18. The van der Waals surface area contributed by atoms with Crippen LogP contribution in [0.2, 0.25) is 0 Å². The van der Waals surface area contributed by atoms with Gasteiger partial charge in [0.05, 0.1) is 0 Å². The molecule has 3 N–H and O–H groups in total. The summed E-state index contributed by atoms with van der Waals surface area (Å²) < 4.78 is 0. The highest BCUT2D eigenvalue weighted by Crippen LogP contribution is 2.03. The van der Waals surface area contributed by atoms with Crippen molar-refractivity contribution in [1.29, 1.82) is 0 Å². The van der Waals surface area contributed by atoms with E-state index in [1.165, 1.54) is 19.3 Å². The predicted molar refractivity (Wildman–Crippen MR) is 120 cm³/mol. The van der Waals surface area contributed by atoms with Gasteiger partial charge in [0.15, 0.2) is 0 Å². The van der Waals surface area contributed by atoms with Gasteiger partial charge in [-0.05, 0) is 38.5 Å². The molecule has 0 rings (SSSR count). The van der Waals surface area contributed by atoms with Gasteiger partial charge in [0.1, 0.15) is 6.04 Å². The van der Waals surface area contributed by atoms with Crippen LogP contribution in [0, 0.1) is 0 Å². The third kappa shape index (κ3) is 16.8. The molecule has 0 aromatic rings. The van der Waals surface area contributed by atoms with Crippen LogP contribution in [-0.4, -0.2) is 36.9 Å². The van der Waals surface area contributed by atoms with Gasteiger partial charge in [0.2, 0.25) is 17.7 Å². The molecule has 29 heavy (non-hydrogen) atoms. The van der Waals surface area contributed by atoms with Gasteiger partial charge in [0, 0.05) is 25.9 Å². The third-order valence-corrected chi connectivity index (χ3v) is 4.67. The van der Waals surface area contributed by atoms with Gasteiger partial charge in [0.25, 0.3) is 0 Å². The Morgan fingerprint density at radius 1 is 0.724 bits per heavy atom. The quantitative estimate of drug-likeness (QED) is 0.236. The second kappa shape index (κ2) is 19.5. The van der Waals surface area contributed by atoms with E-state index < -0.39 is 6.04 Å². The summed E-state index contributed by atoms with van der Waals surface area (Å²) in [4.78, 5) is 36.6. The first-order valence-electron chi connectivity index (χ1n) is 11.5. The van der Waals surface area contributed by atoms with Crippen molar-refractivity contribution in [1.82, 2.24) is 16.0 Å². The van der Waals surface area contributed by atoms with Gasteiger partial charge in [-0.3, -0.25) is 14.4 Å². The maximum Gasteiger partial charge on any atom is 0.242 e. The Morgan fingerprint density at radius 3 is 2.00 bits per heavy atom. The van der Waals surface area contributed by atoms with Gasteiger partial charge < -0.3 is 16.0 Å². The van der Waals surface area contributed by atoms with Gasteiger partial charge in [-0.1, -0.05) is 58.6 Å². The largest absolute Gasteiger partial charge is 0.356 e. The van der Waals surface area contributed by atoms with Gasteiger partial charge in [-0.2, -0.15) is 0 Å². The molecule has 0 aromatic carbocycles. The van der Waals surface area contributed by atoms with E-state index in [1.54, 1.807) is 0 Å². The fourth-order valence-corrected chi connectivity index (χ4v) is 2.78. The van der Waals surface area contributed by atoms with Crippen LogP contribution >= 0.6 is 0 Å². The van der Waals surface area contributed by atoms with Crippen LogP contribution < -0.4 is 16.0 Å². The van der Waals surface area contributed by atoms with E-state index in [1.807, 2.05) is 6.08 Å². The number of carbonyl (C=O) groups excluding carboxylic acids is 3. The Morgan fingerprint density at radius 2 is 1.34 bits per heavy atom. The molecule has 0 spiro atoms. The fourth-order valence-electron chi connectivity index (χ4n) is 2.78. The minimum atomic E-state index is -0.662. The summed E-state index contributed by atoms with van der Waals surface area (Å²) in [5.41, 5.74) is 0. The SMILES string of the molecule is CCCCC/C=C/CCC(=O)N[C@@H](CCC(=O)NCCCC)C(=O)NCCCC. The average molecular weight is 410 g/mol. The normalized spacial score (nSPS) is 12.0. The van der Waals surface area contributed by atoms with Crippen LogP contribution in [0.1, 0.15) is 97.8 Å². The molecule has 0 aliphatic rings. The molecule has 3 amide bonds. The summed E-state index contributed by atoms with van der Waals surface area (Å²) >= 11 is 0. The molecule has 6 heteroatoms. The van der Waals surface area contributed by atoms with E-state index in [-0.39, 0.29) is 24.1 Å². The van der Waals surface area contributed by atoms with Gasteiger partial charge in [-0.25, -0.2) is 0 Å². The van der Waals surface area contributed by atoms with Crippen molar-refractivity contribution in [2.24, 2.45) is 0 Å². The first-order chi connectivity index (χ1) is 14.0. The second-order valence-electron chi connectivity index (χ2n) is 7.51. The standard InChI is InChI=1S/C23H43N3O3/c1-4-7-10-11-12-13-14-15-22(28)26-20(23(29)25-19-9-6-3)16-17-21(27)24-18-8-5-2/h12-13,20H,4-11,14-19H2,1-3H3,(H,24,27)(H,25,29)(H,26,28)/b13-12+/t20-/m0/s1. The highest BCUT2D eigenvalue weighted by atomic mass is 16.2. The number of amides is 3. The summed E-state index contributed by atoms with van der Waals surface area (Å²) in [5.74, 6) is -0.428. The molecular weight excluding hydrogens is 366 g/mol. The van der Waals surface area contributed by atoms with Crippen LogP contribution in [0.3, 0.4) is 0 Å². The van der Waals surface area contributed by atoms with Crippen LogP contribution in [0.25, 0.3) is 0 Å². The fraction of sp³-hybridized carbons (Fsp3) is 0.783. The molecule has 0 radical (unpaired) electrons. The number of rotatable bonds is 18. The topological polar surface area (TPSA) is 87.3 Å². The first-order valence-corrected chi connectivity index (χ1v) is 11.5. The maximum absolute atomic E-state index is 12.4. The highest BCUT2D eigenvalue weighted by molar-refractivity contribution is 5.88. The van der Waals surface area contributed by atoms with E-state index >= 15 is 0 Å². The van der Waals surface area contributed by atoms with E-state index in [2.05, 4.69) is 42.8 Å². The number of allylic oxidation sites excluding steroid dienone is 2. The summed E-state index contributed by atoms with van der Waals surface area (Å²) in [6.45, 7) is 7.54. The molecule has 0 aliphatic carbocycles. The molecular formula is C23H43N3O3. The Kier molecular flexibility index (Phi) is 18.2. The van der Waals surface area contributed by atoms with Crippen LogP contribution in [0.4, 0.5) is 0 Å². The lowest BCUT2D eigenvalue weighted by Crippen LogP contribution is -2.47. The molecule has 0 aliphatic heterocycles. The Labute approximate surface area is 177 Å². The maximum atomic E-state index is 12.4. The molecule has 168 valence electrons. The first kappa shape index (κ1) is 27.1. The van der Waals surface area contributed by atoms with Gasteiger partial charge in [-0.15, -0.1) is 0 Å². The zero-order valence-electron chi connectivity index (χ0n) is 18.9. The van der Waals surface area contributed by atoms with Crippen LogP contribution in [-0.2, 0) is 14.4 Å². The van der Waals surface area contributed by atoms with Crippen LogP contribution in [0.5, 0.6) is 0 Å². The molecule has 0 bridgehead atoms. The zero-order valence-corrected chi connectivity index (χ0v) is 18.9. The Balaban J connectivity index is 4.42. The van der Waals surface area contributed by atoms with Crippen molar-refractivity contribution < 1.29 is 14.4 Å². The molecule has 0 aromatic heterocycles. The highest BCUT2D eigenvalue weighted by Gasteiger charge is 2.21. The van der Waals surface area contributed by atoms with E-state index in [0.717, 1.165) is 32.1 Å². The molecule has 0 saturated carbocycles. The average Bonchev–Trinajstić information content (AvgIpc) is 2.70. The van der Waals surface area contributed by atoms with Crippen molar-refractivity contribution in [3.05, 3.63) is 12.2 Å². The van der Waals surface area contributed by atoms with Crippen molar-refractivity contribution in [3.8, 4) is 0 Å². The third-order valence-electron chi connectivity index (χ3n) is 4.67. The smallest absolute Gasteiger partial charge is 0.242 e. The van der Waals surface area contributed by atoms with Gasteiger partial charge >= 0.3 is 0 Å². The molecule has 0 unspecified atom stereocenters. The Hall–Kier alpha value is -1.85. The lowest BCUT2D eigenvalue weighted by atomic mass is 10.1. The number of nitrogens with one attached hydrogen (secondary N) is 3. The molecule has 0 saturated heterocycles. The van der Waals surface area contributed by atoms with Crippen molar-refractivity contribution in [2.45, 2.75) is 104 Å². The van der Waals surface area contributed by atoms with E-state index in [9.17, 15) is 14.4 Å². The zero-order chi connectivity index (χ0) is 21.7. The summed E-state index contributed by atoms with van der Waals surface area (Å²) in [6, 6.07) is -0.662. The number of hydrogen-bond donors (Lipinski definition) is 3. The Bertz CT molecular complexity index is 478. The minimum absolute atomic E-state index is 0.0749. The predicted octanol–water partition coefficient (Wildman–Crippen LogP) is 4.00. The van der Waals surface area contributed by atoms with Crippen molar-refractivity contribution >= 4 is 17.7 Å². The summed E-state index contributed by atoms with van der Waals surface area (Å²) in [7, 11) is 0. The van der Waals surface area contributed by atoms with Crippen molar-refractivity contribution in [2.75, 3.05) is 13.1 Å². The van der Waals surface area contributed by atoms with E-state index in [4.69, 9.17) is 0 Å². The van der Waals surface area contributed by atoms with E-state index in [0.29, 0.717) is 32.4 Å². The lowest BCUT2D eigenvalue weighted by molar-refractivity contribution is -0.129. The minimum Gasteiger partial charge on any atom is -0.356 e. The second-order valence-corrected chi connectivity index (χ2v) is 7.51.